The Kier molecular flexibility index (Phi) is 5.96. The molecule has 0 spiro atoms. The molecule has 106 valence electrons. The molecule has 0 aliphatic heterocycles. The summed E-state index contributed by atoms with van der Waals surface area (Å²) in [6.45, 7) is 8.53. The minimum Gasteiger partial charge on any atom is -0.307 e. The first-order valence-electron chi connectivity index (χ1n) is 6.91. The van der Waals surface area contributed by atoms with Gasteiger partial charge in [-0.2, -0.15) is 0 Å². The average molecular weight is 264 g/mol. The lowest BCUT2D eigenvalue weighted by Gasteiger charge is -2.21. The van der Waals surface area contributed by atoms with Gasteiger partial charge in [0.1, 0.15) is 0 Å². The lowest BCUT2D eigenvalue weighted by Crippen LogP contribution is -2.29. The van der Waals surface area contributed by atoms with Crippen molar-refractivity contribution in [3.8, 4) is 0 Å². The SMILES string of the molecule is CC(C)CCC(C)NC(C)c1ccccc1[N+](=O)[O-]. The van der Waals surface area contributed by atoms with Crippen molar-refractivity contribution < 1.29 is 4.92 Å². The minimum atomic E-state index is -0.313. The van der Waals surface area contributed by atoms with Gasteiger partial charge in [-0.15, -0.1) is 0 Å². The van der Waals surface area contributed by atoms with Crippen LogP contribution in [0.15, 0.2) is 24.3 Å². The van der Waals surface area contributed by atoms with Crippen molar-refractivity contribution in [3.63, 3.8) is 0 Å². The van der Waals surface area contributed by atoms with Crippen LogP contribution in [0.4, 0.5) is 5.69 Å². The van der Waals surface area contributed by atoms with Gasteiger partial charge in [0, 0.05) is 23.7 Å². The Morgan fingerprint density at radius 3 is 2.37 bits per heavy atom. The highest BCUT2D eigenvalue weighted by Gasteiger charge is 2.19. The van der Waals surface area contributed by atoms with Crippen molar-refractivity contribution >= 4 is 5.69 Å². The summed E-state index contributed by atoms with van der Waals surface area (Å²) >= 11 is 0. The normalized spacial score (nSPS) is 14.4. The molecule has 1 rings (SSSR count). The van der Waals surface area contributed by atoms with Crippen molar-refractivity contribution in [2.24, 2.45) is 5.92 Å². The van der Waals surface area contributed by atoms with Crippen molar-refractivity contribution in [2.75, 3.05) is 0 Å². The third-order valence-corrected chi connectivity index (χ3v) is 3.31. The van der Waals surface area contributed by atoms with Crippen LogP contribution in [0, 0.1) is 16.0 Å². The largest absolute Gasteiger partial charge is 0.307 e. The Morgan fingerprint density at radius 1 is 1.16 bits per heavy atom. The molecule has 0 aliphatic rings. The summed E-state index contributed by atoms with van der Waals surface area (Å²) in [6.07, 6.45) is 2.25. The van der Waals surface area contributed by atoms with Gasteiger partial charge in [-0.05, 0) is 32.6 Å². The topological polar surface area (TPSA) is 55.2 Å². The second kappa shape index (κ2) is 7.24. The summed E-state index contributed by atoms with van der Waals surface area (Å²) < 4.78 is 0. The molecular formula is C15H24N2O2. The number of nitro groups is 1. The van der Waals surface area contributed by atoms with Crippen molar-refractivity contribution in [3.05, 3.63) is 39.9 Å². The number of para-hydroxylation sites is 1. The van der Waals surface area contributed by atoms with Crippen LogP contribution >= 0.6 is 0 Å². The molecule has 2 unspecified atom stereocenters. The minimum absolute atomic E-state index is 0.0104. The number of nitrogens with zero attached hydrogens (tertiary/aromatic N) is 1. The molecule has 4 nitrogen and oxygen atoms in total. The molecule has 1 aromatic carbocycles. The van der Waals surface area contributed by atoms with Gasteiger partial charge in [0.15, 0.2) is 0 Å². The van der Waals surface area contributed by atoms with Crippen LogP contribution in [-0.2, 0) is 0 Å². The molecule has 0 saturated carbocycles. The number of rotatable bonds is 7. The lowest BCUT2D eigenvalue weighted by molar-refractivity contribution is -0.385. The second-order valence-corrected chi connectivity index (χ2v) is 5.58. The first kappa shape index (κ1) is 15.6. The van der Waals surface area contributed by atoms with E-state index in [4.69, 9.17) is 0 Å². The lowest BCUT2D eigenvalue weighted by atomic mass is 10.0. The molecule has 1 aromatic rings. The fourth-order valence-electron chi connectivity index (χ4n) is 2.20. The quantitative estimate of drug-likeness (QED) is 0.596. The zero-order valence-electron chi connectivity index (χ0n) is 12.2. The number of nitrogens with one attached hydrogen (secondary N) is 1. The Bertz CT molecular complexity index is 418. The van der Waals surface area contributed by atoms with E-state index in [9.17, 15) is 10.1 Å². The van der Waals surface area contributed by atoms with E-state index in [2.05, 4.69) is 26.1 Å². The van der Waals surface area contributed by atoms with Gasteiger partial charge in [-0.1, -0.05) is 32.0 Å². The molecule has 1 N–H and O–H groups in total. The van der Waals surface area contributed by atoms with E-state index >= 15 is 0 Å². The van der Waals surface area contributed by atoms with Crippen LogP contribution in [0.25, 0.3) is 0 Å². The molecule has 0 aromatic heterocycles. The van der Waals surface area contributed by atoms with Gasteiger partial charge in [-0.25, -0.2) is 0 Å². The smallest absolute Gasteiger partial charge is 0.274 e. The zero-order valence-corrected chi connectivity index (χ0v) is 12.2. The molecule has 0 fully saturated rings. The van der Waals surface area contributed by atoms with Gasteiger partial charge in [0.25, 0.3) is 5.69 Å². The number of hydrogen-bond donors (Lipinski definition) is 1. The number of hydrogen-bond acceptors (Lipinski definition) is 3. The molecule has 0 radical (unpaired) electrons. The van der Waals surface area contributed by atoms with E-state index in [1.807, 2.05) is 19.1 Å². The molecule has 0 bridgehead atoms. The molecule has 0 amide bonds. The summed E-state index contributed by atoms with van der Waals surface area (Å²) in [4.78, 5) is 10.7. The molecule has 0 aliphatic carbocycles. The monoisotopic (exact) mass is 264 g/mol. The van der Waals surface area contributed by atoms with Crippen LogP contribution in [0.5, 0.6) is 0 Å². The third-order valence-electron chi connectivity index (χ3n) is 3.31. The average Bonchev–Trinajstić information content (AvgIpc) is 2.36. The van der Waals surface area contributed by atoms with Gasteiger partial charge in [0.2, 0.25) is 0 Å². The Labute approximate surface area is 115 Å². The first-order valence-corrected chi connectivity index (χ1v) is 6.91. The second-order valence-electron chi connectivity index (χ2n) is 5.58. The van der Waals surface area contributed by atoms with E-state index in [-0.39, 0.29) is 16.7 Å². The van der Waals surface area contributed by atoms with Crippen molar-refractivity contribution in [1.82, 2.24) is 5.32 Å². The van der Waals surface area contributed by atoms with Crippen LogP contribution in [0.2, 0.25) is 0 Å². The summed E-state index contributed by atoms with van der Waals surface area (Å²) in [7, 11) is 0. The highest BCUT2D eigenvalue weighted by atomic mass is 16.6. The van der Waals surface area contributed by atoms with E-state index in [1.165, 1.54) is 0 Å². The first-order chi connectivity index (χ1) is 8.91. The number of nitro benzene ring substituents is 1. The van der Waals surface area contributed by atoms with Crippen LogP contribution < -0.4 is 5.32 Å². The zero-order chi connectivity index (χ0) is 14.4. The summed E-state index contributed by atoms with van der Waals surface area (Å²) in [6, 6.07) is 7.29. The van der Waals surface area contributed by atoms with E-state index < -0.39 is 0 Å². The predicted octanol–water partition coefficient (Wildman–Crippen LogP) is 4.07. The van der Waals surface area contributed by atoms with Gasteiger partial charge in [0.05, 0.1) is 4.92 Å². The Hall–Kier alpha value is -1.42. The Morgan fingerprint density at radius 2 is 1.79 bits per heavy atom. The standard InChI is InChI=1S/C15H24N2O2/c1-11(2)9-10-12(3)16-13(4)14-7-5-6-8-15(14)17(18)19/h5-8,11-13,16H,9-10H2,1-4H3. The van der Waals surface area contributed by atoms with Crippen LogP contribution in [0.3, 0.4) is 0 Å². The third kappa shape index (κ3) is 4.99. The maximum absolute atomic E-state index is 11.0. The Balaban J connectivity index is 2.67. The van der Waals surface area contributed by atoms with Crippen LogP contribution in [0.1, 0.15) is 52.1 Å². The fraction of sp³-hybridized carbons (Fsp3) is 0.600. The van der Waals surface area contributed by atoms with E-state index in [0.29, 0.717) is 12.0 Å². The molecule has 2 atom stereocenters. The summed E-state index contributed by atoms with van der Waals surface area (Å²) in [5, 5.41) is 14.4. The van der Waals surface area contributed by atoms with Crippen molar-refractivity contribution in [2.45, 2.75) is 52.6 Å². The predicted molar refractivity (Wildman–Crippen MR) is 78.2 cm³/mol. The highest BCUT2D eigenvalue weighted by Crippen LogP contribution is 2.25. The molecular weight excluding hydrogens is 240 g/mol. The highest BCUT2D eigenvalue weighted by molar-refractivity contribution is 5.41. The van der Waals surface area contributed by atoms with Gasteiger partial charge < -0.3 is 5.32 Å². The maximum atomic E-state index is 11.0. The van der Waals surface area contributed by atoms with Crippen LogP contribution in [-0.4, -0.2) is 11.0 Å². The molecule has 0 heterocycles. The maximum Gasteiger partial charge on any atom is 0.274 e. The fourth-order valence-corrected chi connectivity index (χ4v) is 2.20. The molecule has 0 saturated heterocycles. The van der Waals surface area contributed by atoms with Gasteiger partial charge in [-0.3, -0.25) is 10.1 Å². The molecule has 19 heavy (non-hydrogen) atoms. The molecule has 4 heteroatoms. The summed E-state index contributed by atoms with van der Waals surface area (Å²) in [5.74, 6) is 0.686. The van der Waals surface area contributed by atoms with Crippen molar-refractivity contribution in [1.29, 1.82) is 0 Å². The van der Waals surface area contributed by atoms with Gasteiger partial charge >= 0.3 is 0 Å². The van der Waals surface area contributed by atoms with E-state index in [1.54, 1.807) is 12.1 Å². The number of benzene rings is 1. The van der Waals surface area contributed by atoms with E-state index in [0.717, 1.165) is 18.4 Å². The summed E-state index contributed by atoms with van der Waals surface area (Å²) in [5.41, 5.74) is 0.947.